The molecule has 3 saturated carbocycles. The fourth-order valence-corrected chi connectivity index (χ4v) is 13.4. The molecule has 3 aliphatic carbocycles. The Labute approximate surface area is 580 Å². The van der Waals surface area contributed by atoms with Crippen LogP contribution in [0.5, 0.6) is 0 Å². The van der Waals surface area contributed by atoms with Gasteiger partial charge in [-0.15, -0.1) is 34.0 Å². The number of aryl methyl sites for hydroxylation is 1. The van der Waals surface area contributed by atoms with Gasteiger partial charge in [-0.05, 0) is 91.6 Å². The molecule has 7 aromatic rings. The van der Waals surface area contributed by atoms with Crippen molar-refractivity contribution in [2.45, 2.75) is 134 Å². The van der Waals surface area contributed by atoms with Crippen molar-refractivity contribution in [2.75, 3.05) is 34.0 Å². The van der Waals surface area contributed by atoms with E-state index in [0.717, 1.165) is 55.9 Å². The third-order valence-corrected chi connectivity index (χ3v) is 18.5. The zero-order valence-electron chi connectivity index (χ0n) is 51.0. The fraction of sp³-hybridized carbons (Fsp3) is 0.419. The smallest absolute Gasteiger partial charge is 0.512 e. The molecule has 4 heterocycles. The Balaban J connectivity index is 0.000000281. The van der Waals surface area contributed by atoms with Crippen LogP contribution in [0.4, 0.5) is 26.8 Å². The molecule has 3 aromatic carbocycles. The van der Waals surface area contributed by atoms with Gasteiger partial charge in [-0.1, -0.05) is 131 Å². The van der Waals surface area contributed by atoms with Crippen LogP contribution in [0.25, 0.3) is 10.9 Å². The second-order valence-electron chi connectivity index (χ2n) is 21.6. The van der Waals surface area contributed by atoms with Gasteiger partial charge < -0.3 is 54.3 Å². The van der Waals surface area contributed by atoms with E-state index >= 15 is 0 Å². The van der Waals surface area contributed by atoms with Crippen molar-refractivity contribution in [3.8, 4) is 0 Å². The second kappa shape index (κ2) is 39.8. The maximum absolute atomic E-state index is 13.3. The number of carbonyl (C=O) groups is 6. The van der Waals surface area contributed by atoms with Crippen molar-refractivity contribution in [1.29, 1.82) is 5.26 Å². The Morgan fingerprint density at radius 3 is 1.45 bits per heavy atom. The summed E-state index contributed by atoms with van der Waals surface area (Å²) >= 11 is 22.2. The number of thiazole rings is 3. The number of nitrogens with one attached hydrogen (secondary N) is 6. The summed E-state index contributed by atoms with van der Waals surface area (Å²) in [7, 11) is 3.35. The first-order chi connectivity index (χ1) is 43.0. The largest absolute Gasteiger partial charge is 1.00 e. The Morgan fingerprint density at radius 2 is 1.01 bits per heavy atom. The van der Waals surface area contributed by atoms with E-state index in [1.807, 2.05) is 6.79 Å². The molecular weight excluding hydrogens is 1290 g/mol. The van der Waals surface area contributed by atoms with Crippen molar-refractivity contribution >= 4 is 151 Å². The maximum Gasteiger partial charge on any atom is 1.00 e. The van der Waals surface area contributed by atoms with Crippen LogP contribution in [-0.4, -0.2) is 88.0 Å². The van der Waals surface area contributed by atoms with E-state index in [1.54, 1.807) is 97.4 Å². The summed E-state index contributed by atoms with van der Waals surface area (Å²) in [6.07, 6.45) is 23.4. The second-order valence-corrected chi connectivity index (χ2v) is 25.6. The Kier molecular flexibility index (Phi) is 33.7. The molecule has 0 aliphatic heterocycles. The average molecular weight is 1360 g/mol. The van der Waals surface area contributed by atoms with Crippen LogP contribution in [0.2, 0.25) is 15.1 Å². The molecule has 5 amide bonds. The Morgan fingerprint density at radius 1 is 0.615 bits per heavy atom. The predicted molar refractivity (Wildman–Crippen MR) is 361 cm³/mol. The number of nitrogens with two attached hydrogens (primary N) is 1. The van der Waals surface area contributed by atoms with Gasteiger partial charge in [0.2, 0.25) is 17.7 Å². The molecule has 3 radical (unpaired) electrons. The first-order valence-corrected chi connectivity index (χ1v) is 33.0. The number of amides is 5. The summed E-state index contributed by atoms with van der Waals surface area (Å²) in [5.41, 5.74) is 7.08. The van der Waals surface area contributed by atoms with Gasteiger partial charge >= 0.3 is 35.2 Å². The number of rotatable bonds is 18. The number of anilines is 5. The van der Waals surface area contributed by atoms with Crippen molar-refractivity contribution in [3.63, 3.8) is 0 Å². The fourth-order valence-electron chi connectivity index (χ4n) is 11.3. The molecule has 21 nitrogen and oxygen atoms in total. The van der Waals surface area contributed by atoms with Gasteiger partial charge in [0.15, 0.2) is 15.4 Å². The van der Waals surface area contributed by atoms with E-state index < -0.39 is 41.2 Å². The van der Waals surface area contributed by atoms with E-state index in [-0.39, 0.29) is 67.2 Å². The van der Waals surface area contributed by atoms with Gasteiger partial charge in [0.05, 0.1) is 22.0 Å². The molecule has 0 bridgehead atoms. The summed E-state index contributed by atoms with van der Waals surface area (Å²) < 4.78 is 2.49. The van der Waals surface area contributed by atoms with Gasteiger partial charge in [0.1, 0.15) is 24.9 Å². The zero-order valence-corrected chi connectivity index (χ0v) is 57.7. The molecule has 8 N–H and O–H groups in total. The van der Waals surface area contributed by atoms with Crippen LogP contribution in [0.3, 0.4) is 0 Å². The van der Waals surface area contributed by atoms with Crippen LogP contribution in [-0.2, 0) is 26.2 Å². The van der Waals surface area contributed by atoms with E-state index in [4.69, 9.17) is 57.2 Å². The molecule has 0 spiro atoms. The SMILES string of the molecule is C=O.CNc1ccc(Cl)cc1C(=O)NC(CC1CCCCC1)C(=O)Nc1nccs1.Cn1c(=O)n(C(CC2CCCCC2)C(=O)Nc2nccs2)c(=O)c2cc(Cl)ccc21.Nc1ccc(Cl)cc1C(=O)NC(CC1CCCCC1)C(=O)Nc1nccs1.[B].[C-]#N.[Na+]. The summed E-state index contributed by atoms with van der Waals surface area (Å²) in [4.78, 5) is 111. The molecule has 29 heteroatoms. The molecule has 477 valence electrons. The standard InChI is InChI=1S/C21H23ClN4O3S.C20H25ClN4O2S.C19H23ClN4O2S.CN.CH2O.B.Na/c1-25-16-8-7-14(22)12-15(16)19(28)26(21(25)29)17(11-13-5-3-2-4-6-13)18(27)24-20-23-9-10-30-20;1-22-16-8-7-14(21)12-15(16)18(26)24-17(11-13-5-3-2-4-6-13)19(27)25-20-23-9-10-28-20;20-13-6-7-15(21)14(11-13)17(25)23-16(10-12-4-2-1-3-5-12)18(26)24-19-22-8-9-27-19;2*1-2;;/h7-10,12-13,17H,2-6,11H2,1H3,(H,23,24,27);7-10,12-13,17,22H,2-6,11H2,1H3,(H,24,26)(H,23,25,27);6-9,11-12,16H,1-5,10,21H2,(H,23,25)(H,22,24,26);;1H2;;/q;;;-1;;;+1. The minimum Gasteiger partial charge on any atom is -0.512 e. The summed E-state index contributed by atoms with van der Waals surface area (Å²) in [5.74, 6) is -0.459. The van der Waals surface area contributed by atoms with Crippen LogP contribution in [0.1, 0.15) is 142 Å². The molecule has 3 unspecified atom stereocenters. The van der Waals surface area contributed by atoms with E-state index in [2.05, 4.69) is 46.9 Å². The molecule has 3 atom stereocenters. The minimum absolute atomic E-state index is 0. The van der Waals surface area contributed by atoms with Gasteiger partial charge in [0.25, 0.3) is 17.4 Å². The molecule has 91 heavy (non-hydrogen) atoms. The van der Waals surface area contributed by atoms with Crippen LogP contribution in [0.15, 0.2) is 98.9 Å². The van der Waals surface area contributed by atoms with Gasteiger partial charge in [-0.2, -0.15) is 0 Å². The van der Waals surface area contributed by atoms with Crippen LogP contribution >= 0.6 is 68.8 Å². The van der Waals surface area contributed by atoms with Gasteiger partial charge in [-0.3, -0.25) is 33.3 Å². The van der Waals surface area contributed by atoms with Gasteiger partial charge in [0, 0.05) is 83.7 Å². The number of nitrogen functional groups attached to an aromatic ring is 1. The quantitative estimate of drug-likeness (QED) is 0.0239. The molecule has 3 aliphatic rings. The normalized spacial score (nSPS) is 14.8. The number of benzene rings is 3. The third-order valence-electron chi connectivity index (χ3n) is 15.7. The molecule has 0 saturated heterocycles. The third kappa shape index (κ3) is 23.0. The summed E-state index contributed by atoms with van der Waals surface area (Å²) in [6, 6.07) is 12.5. The monoisotopic (exact) mass is 1360 g/mol. The summed E-state index contributed by atoms with van der Waals surface area (Å²) in [6.45, 7) is 6.75. The van der Waals surface area contributed by atoms with Crippen molar-refractivity contribution < 1.29 is 58.3 Å². The van der Waals surface area contributed by atoms with E-state index in [0.29, 0.717) is 89.4 Å². The number of hydrogen-bond acceptors (Lipinski definition) is 17. The van der Waals surface area contributed by atoms with Crippen LogP contribution < -0.4 is 78.4 Å². The number of hydrogen-bond donors (Lipinski definition) is 7. The van der Waals surface area contributed by atoms with Crippen LogP contribution in [0, 0.1) is 29.6 Å². The predicted octanol–water partition coefficient (Wildman–Crippen LogP) is 9.13. The number of carbonyl (C=O) groups excluding carboxylic acids is 6. The van der Waals surface area contributed by atoms with Gasteiger partial charge in [-0.25, -0.2) is 24.3 Å². The number of fused-ring (bicyclic) bond motifs is 1. The first kappa shape index (κ1) is 77.0. The van der Waals surface area contributed by atoms with Crippen molar-refractivity contribution in [2.24, 2.45) is 24.8 Å². The molecule has 4 aromatic heterocycles. The Bertz CT molecular complexity index is 3590. The molecular formula is C62H73BCl3N13NaO8S3. The minimum atomic E-state index is -0.911. The summed E-state index contributed by atoms with van der Waals surface area (Å²) in [5, 5.41) is 31.9. The van der Waals surface area contributed by atoms with E-state index in [9.17, 15) is 33.6 Å². The molecule has 3 fully saturated rings. The maximum atomic E-state index is 13.3. The molecule has 10 rings (SSSR count). The Hall–Kier alpha value is -6.47. The average Bonchev–Trinajstić information content (AvgIpc) is 1.17. The van der Waals surface area contributed by atoms with Crippen molar-refractivity contribution in [1.82, 2.24) is 34.7 Å². The number of aromatic nitrogens is 5. The number of nitrogens with zero attached hydrogens (tertiary/aromatic N) is 6. The number of halogens is 3. The van der Waals surface area contributed by atoms with E-state index in [1.165, 1.54) is 89.6 Å². The zero-order chi connectivity index (χ0) is 64.4. The van der Waals surface area contributed by atoms with Crippen molar-refractivity contribution in [3.05, 3.63) is 143 Å². The topological polar surface area (TPSA) is 307 Å². The first-order valence-electron chi connectivity index (χ1n) is 29.2.